The molecule has 4 rings (SSSR count). The van der Waals surface area contributed by atoms with Crippen LogP contribution in [-0.2, 0) is 32.4 Å². The van der Waals surface area contributed by atoms with Gasteiger partial charge < -0.3 is 25.0 Å². The lowest BCUT2D eigenvalue weighted by Gasteiger charge is -2.22. The van der Waals surface area contributed by atoms with Crippen molar-refractivity contribution in [1.29, 1.82) is 0 Å². The second kappa shape index (κ2) is 19.1. The maximum Gasteiger partial charge on any atom is 0.244 e. The Labute approximate surface area is 279 Å². The zero-order chi connectivity index (χ0) is 34.0. The Kier molecular flexibility index (Phi) is 14.0. The van der Waals surface area contributed by atoms with Crippen LogP contribution < -0.4 is 25.6 Å². The Hall–Kier alpha value is -5.68. The first kappa shape index (κ1) is 35.2. The van der Waals surface area contributed by atoms with E-state index in [0.29, 0.717) is 55.4 Å². The number of benzene rings is 4. The first-order chi connectivity index (χ1) is 23.4. The van der Waals surface area contributed by atoms with Crippen LogP contribution in [0.3, 0.4) is 0 Å². The van der Waals surface area contributed by atoms with Crippen molar-refractivity contribution in [3.05, 3.63) is 120 Å². The number of anilines is 2. The van der Waals surface area contributed by atoms with Crippen LogP contribution in [0.2, 0.25) is 0 Å². The molecule has 0 bridgehead atoms. The van der Waals surface area contributed by atoms with Crippen molar-refractivity contribution in [2.45, 2.75) is 45.3 Å². The van der Waals surface area contributed by atoms with Crippen molar-refractivity contribution in [1.82, 2.24) is 10.4 Å². The number of hydroxylamine groups is 1. The van der Waals surface area contributed by atoms with E-state index in [1.54, 1.807) is 54.0 Å². The summed E-state index contributed by atoms with van der Waals surface area (Å²) in [7, 11) is 0. The standard InChI is InChI=1S/C37H40N4O7/c42-34(40-46)14-8-3-9-15-37(45)41(24-35(43)38-30-16-20-32(21-17-30)47-26-28-10-4-1-5-11-28)25-36(44)39-31-18-22-33(23-19-31)48-27-29-12-6-2-7-13-29/h1-2,4-7,10-13,16-23,46H,3,8-9,14-15,24-27H2,(H,38,43)(H,39,44)(H,40,42). The molecule has 0 radical (unpaired) electrons. The smallest absolute Gasteiger partial charge is 0.244 e. The number of nitrogens with one attached hydrogen (secondary N) is 3. The molecular weight excluding hydrogens is 612 g/mol. The average molecular weight is 653 g/mol. The summed E-state index contributed by atoms with van der Waals surface area (Å²) in [4.78, 5) is 51.6. The molecule has 11 heteroatoms. The third-order valence-electron chi connectivity index (χ3n) is 7.21. The van der Waals surface area contributed by atoms with Crippen molar-refractivity contribution in [2.24, 2.45) is 0 Å². The first-order valence-corrected chi connectivity index (χ1v) is 15.7. The first-order valence-electron chi connectivity index (χ1n) is 15.7. The van der Waals surface area contributed by atoms with Crippen LogP contribution in [0.5, 0.6) is 11.5 Å². The lowest BCUT2D eigenvalue weighted by Crippen LogP contribution is -2.42. The third kappa shape index (κ3) is 12.6. The van der Waals surface area contributed by atoms with Gasteiger partial charge in [-0.1, -0.05) is 67.1 Å². The normalized spacial score (nSPS) is 10.4. The molecule has 0 unspecified atom stereocenters. The van der Waals surface area contributed by atoms with E-state index in [1.165, 1.54) is 4.90 Å². The number of unbranched alkanes of at least 4 members (excludes halogenated alkanes) is 2. The van der Waals surface area contributed by atoms with E-state index < -0.39 is 17.7 Å². The molecule has 0 aliphatic carbocycles. The molecule has 0 aliphatic heterocycles. The van der Waals surface area contributed by atoms with E-state index in [0.717, 1.165) is 11.1 Å². The SMILES string of the molecule is O=C(CCCCCC(=O)N(CC(=O)Nc1ccc(OCc2ccccc2)cc1)CC(=O)Nc1ccc(OCc2ccccc2)cc1)NO. The highest BCUT2D eigenvalue weighted by Crippen LogP contribution is 2.19. The van der Waals surface area contributed by atoms with Gasteiger partial charge >= 0.3 is 0 Å². The molecule has 4 aromatic carbocycles. The molecule has 48 heavy (non-hydrogen) atoms. The van der Waals surface area contributed by atoms with Crippen LogP contribution in [-0.4, -0.2) is 46.8 Å². The fraction of sp³-hybridized carbons (Fsp3) is 0.243. The average Bonchev–Trinajstić information content (AvgIpc) is 3.11. The molecule has 0 saturated carbocycles. The monoisotopic (exact) mass is 652 g/mol. The van der Waals surface area contributed by atoms with E-state index in [-0.39, 0.29) is 31.8 Å². The second-order valence-corrected chi connectivity index (χ2v) is 11.0. The summed E-state index contributed by atoms with van der Waals surface area (Å²) in [5, 5.41) is 14.2. The van der Waals surface area contributed by atoms with Gasteiger partial charge in [-0.3, -0.25) is 24.4 Å². The largest absolute Gasteiger partial charge is 0.489 e. The molecule has 0 aliphatic rings. The summed E-state index contributed by atoms with van der Waals surface area (Å²) >= 11 is 0. The Morgan fingerprint density at radius 1 is 0.542 bits per heavy atom. The van der Waals surface area contributed by atoms with Gasteiger partial charge in [-0.15, -0.1) is 0 Å². The molecule has 4 aromatic rings. The van der Waals surface area contributed by atoms with Gasteiger partial charge in [0.25, 0.3) is 0 Å². The lowest BCUT2D eigenvalue weighted by atomic mass is 10.1. The van der Waals surface area contributed by atoms with Crippen LogP contribution in [0, 0.1) is 0 Å². The quantitative estimate of drug-likeness (QED) is 0.0612. The molecule has 0 atom stereocenters. The maximum absolute atomic E-state index is 13.2. The van der Waals surface area contributed by atoms with Crippen LogP contribution in [0.1, 0.15) is 43.2 Å². The number of rotatable bonds is 18. The fourth-order valence-corrected chi connectivity index (χ4v) is 4.68. The van der Waals surface area contributed by atoms with Crippen LogP contribution in [0.25, 0.3) is 0 Å². The van der Waals surface area contributed by atoms with Crippen molar-refractivity contribution in [2.75, 3.05) is 23.7 Å². The van der Waals surface area contributed by atoms with E-state index >= 15 is 0 Å². The van der Waals surface area contributed by atoms with Crippen molar-refractivity contribution in [3.8, 4) is 11.5 Å². The highest BCUT2D eigenvalue weighted by atomic mass is 16.5. The van der Waals surface area contributed by atoms with E-state index in [4.69, 9.17) is 14.7 Å². The zero-order valence-electron chi connectivity index (χ0n) is 26.6. The summed E-state index contributed by atoms with van der Waals surface area (Å²) in [6.45, 7) is 0.147. The molecule has 4 N–H and O–H groups in total. The summed E-state index contributed by atoms with van der Waals surface area (Å²) < 4.78 is 11.6. The van der Waals surface area contributed by atoms with Gasteiger partial charge in [-0.2, -0.15) is 0 Å². The number of nitrogens with zero attached hydrogens (tertiary/aromatic N) is 1. The third-order valence-corrected chi connectivity index (χ3v) is 7.21. The Morgan fingerprint density at radius 2 is 0.979 bits per heavy atom. The number of hydrogen-bond donors (Lipinski definition) is 4. The van der Waals surface area contributed by atoms with Gasteiger partial charge in [-0.05, 0) is 72.5 Å². The van der Waals surface area contributed by atoms with Gasteiger partial charge in [0.15, 0.2) is 0 Å². The van der Waals surface area contributed by atoms with Gasteiger partial charge in [0.05, 0.1) is 0 Å². The van der Waals surface area contributed by atoms with Gasteiger partial charge in [-0.25, -0.2) is 5.48 Å². The number of carbonyl (C=O) groups excluding carboxylic acids is 4. The van der Waals surface area contributed by atoms with Crippen molar-refractivity contribution >= 4 is 35.0 Å². The minimum atomic E-state index is -0.497. The van der Waals surface area contributed by atoms with Crippen LogP contribution >= 0.6 is 0 Å². The topological polar surface area (TPSA) is 146 Å². The van der Waals surface area contributed by atoms with Gasteiger partial charge in [0.1, 0.15) is 37.8 Å². The Bertz CT molecular complexity index is 1500. The molecule has 4 amide bonds. The lowest BCUT2D eigenvalue weighted by molar-refractivity contribution is -0.137. The highest BCUT2D eigenvalue weighted by molar-refractivity contribution is 5.98. The molecule has 0 heterocycles. The zero-order valence-corrected chi connectivity index (χ0v) is 26.6. The molecule has 11 nitrogen and oxygen atoms in total. The predicted molar refractivity (Wildman–Crippen MR) is 181 cm³/mol. The molecule has 0 aromatic heterocycles. The van der Waals surface area contributed by atoms with E-state index in [9.17, 15) is 19.2 Å². The Balaban J connectivity index is 1.30. The summed E-state index contributed by atoms with van der Waals surface area (Å²) in [6.07, 6.45) is 1.71. The fourth-order valence-electron chi connectivity index (χ4n) is 4.68. The highest BCUT2D eigenvalue weighted by Gasteiger charge is 2.20. The summed E-state index contributed by atoms with van der Waals surface area (Å²) in [5.41, 5.74) is 4.67. The number of hydrogen-bond acceptors (Lipinski definition) is 7. The van der Waals surface area contributed by atoms with Crippen LogP contribution in [0.4, 0.5) is 11.4 Å². The summed E-state index contributed by atoms with van der Waals surface area (Å²) in [6, 6.07) is 33.3. The molecule has 0 saturated heterocycles. The number of carbonyl (C=O) groups is 4. The molecular formula is C37H40N4O7. The number of amides is 4. The minimum absolute atomic E-state index is 0.0855. The summed E-state index contributed by atoms with van der Waals surface area (Å²) in [5.74, 6) is -0.526. The molecule has 0 spiro atoms. The minimum Gasteiger partial charge on any atom is -0.489 e. The Morgan fingerprint density at radius 3 is 1.42 bits per heavy atom. The van der Waals surface area contributed by atoms with Crippen molar-refractivity contribution in [3.63, 3.8) is 0 Å². The number of ether oxygens (including phenoxy) is 2. The van der Waals surface area contributed by atoms with E-state index in [2.05, 4.69) is 10.6 Å². The van der Waals surface area contributed by atoms with Crippen LogP contribution in [0.15, 0.2) is 109 Å². The molecule has 250 valence electrons. The van der Waals surface area contributed by atoms with E-state index in [1.807, 2.05) is 60.7 Å². The molecule has 0 fully saturated rings. The predicted octanol–water partition coefficient (Wildman–Crippen LogP) is 5.71. The van der Waals surface area contributed by atoms with Crippen molar-refractivity contribution < 1.29 is 33.9 Å². The van der Waals surface area contributed by atoms with Gasteiger partial charge in [0, 0.05) is 24.2 Å². The van der Waals surface area contributed by atoms with Gasteiger partial charge in [0.2, 0.25) is 23.6 Å². The maximum atomic E-state index is 13.2. The second-order valence-electron chi connectivity index (χ2n) is 11.0.